The van der Waals surface area contributed by atoms with Gasteiger partial charge in [0.25, 0.3) is 0 Å². The summed E-state index contributed by atoms with van der Waals surface area (Å²) in [5.74, 6) is -0.970. The number of alkyl carbamates (subject to hydrolysis) is 1. The highest BCUT2D eigenvalue weighted by atomic mass is 16.5. The highest BCUT2D eigenvalue weighted by Crippen LogP contribution is 2.44. The standard InChI is InChI=1S/C21H20N4O4/c26-20(27)12-25-11-14(23-24-25)9-10-22-21(28)29-13-19-17-7-3-1-5-15(17)16-6-2-4-8-18(16)19/h1-8,11,19H,9-10,12-13H2,(H,22,28)(H,26,27). The zero-order valence-electron chi connectivity index (χ0n) is 15.6. The van der Waals surface area contributed by atoms with Gasteiger partial charge in [-0.3, -0.25) is 4.79 Å². The van der Waals surface area contributed by atoms with Crippen molar-refractivity contribution in [3.8, 4) is 11.1 Å². The van der Waals surface area contributed by atoms with Gasteiger partial charge in [-0.25, -0.2) is 9.48 Å². The maximum absolute atomic E-state index is 12.1. The minimum atomic E-state index is -0.988. The second-order valence-corrected chi connectivity index (χ2v) is 6.80. The first-order chi connectivity index (χ1) is 14.1. The number of fused-ring (bicyclic) bond motifs is 3. The van der Waals surface area contributed by atoms with Crippen LogP contribution in [-0.2, 0) is 22.5 Å². The second kappa shape index (κ2) is 8.14. The van der Waals surface area contributed by atoms with Crippen molar-refractivity contribution in [3.05, 3.63) is 71.5 Å². The number of benzene rings is 2. The van der Waals surface area contributed by atoms with Gasteiger partial charge in [-0.2, -0.15) is 0 Å². The molecule has 3 aromatic rings. The summed E-state index contributed by atoms with van der Waals surface area (Å²) in [5, 5.41) is 19.0. The van der Waals surface area contributed by atoms with Crippen LogP contribution in [0.5, 0.6) is 0 Å². The Hall–Kier alpha value is -3.68. The Morgan fingerprint density at radius 2 is 1.72 bits per heavy atom. The Morgan fingerprint density at radius 1 is 1.07 bits per heavy atom. The Labute approximate surface area is 167 Å². The van der Waals surface area contributed by atoms with Gasteiger partial charge in [-0.15, -0.1) is 5.10 Å². The Morgan fingerprint density at radius 3 is 2.38 bits per heavy atom. The molecule has 8 nitrogen and oxygen atoms in total. The number of rotatable bonds is 7. The molecule has 1 amide bonds. The average Bonchev–Trinajstić information content (AvgIpc) is 3.28. The van der Waals surface area contributed by atoms with Gasteiger partial charge in [-0.05, 0) is 22.3 Å². The lowest BCUT2D eigenvalue weighted by Gasteiger charge is -2.14. The molecule has 2 N–H and O–H groups in total. The highest BCUT2D eigenvalue weighted by molar-refractivity contribution is 5.79. The molecule has 0 unspecified atom stereocenters. The van der Waals surface area contributed by atoms with Gasteiger partial charge < -0.3 is 15.2 Å². The Balaban J connectivity index is 1.30. The number of aromatic nitrogens is 3. The zero-order chi connectivity index (χ0) is 20.2. The molecule has 0 fully saturated rings. The van der Waals surface area contributed by atoms with E-state index in [1.807, 2.05) is 24.3 Å². The van der Waals surface area contributed by atoms with Crippen LogP contribution >= 0.6 is 0 Å². The summed E-state index contributed by atoms with van der Waals surface area (Å²) in [6, 6.07) is 16.3. The summed E-state index contributed by atoms with van der Waals surface area (Å²) in [4.78, 5) is 22.8. The maximum atomic E-state index is 12.1. The first kappa shape index (κ1) is 18.7. The normalized spacial score (nSPS) is 12.3. The van der Waals surface area contributed by atoms with Gasteiger partial charge in [0, 0.05) is 25.1 Å². The van der Waals surface area contributed by atoms with Gasteiger partial charge in [0.1, 0.15) is 13.2 Å². The second-order valence-electron chi connectivity index (χ2n) is 6.80. The van der Waals surface area contributed by atoms with Gasteiger partial charge in [0.05, 0.1) is 5.69 Å². The van der Waals surface area contributed by atoms with E-state index in [4.69, 9.17) is 9.84 Å². The molecule has 29 heavy (non-hydrogen) atoms. The number of hydrogen-bond donors (Lipinski definition) is 2. The van der Waals surface area contributed by atoms with Crippen molar-refractivity contribution in [3.63, 3.8) is 0 Å². The number of amides is 1. The average molecular weight is 392 g/mol. The van der Waals surface area contributed by atoms with Gasteiger partial charge >= 0.3 is 12.1 Å². The van der Waals surface area contributed by atoms with E-state index in [1.165, 1.54) is 15.8 Å². The predicted molar refractivity (Wildman–Crippen MR) is 104 cm³/mol. The van der Waals surface area contributed by atoms with Gasteiger partial charge in [0.2, 0.25) is 0 Å². The molecule has 2 aromatic carbocycles. The Kier molecular flexibility index (Phi) is 5.24. The molecule has 0 saturated carbocycles. The van der Waals surface area contributed by atoms with Crippen LogP contribution < -0.4 is 5.32 Å². The number of carbonyl (C=O) groups is 2. The van der Waals surface area contributed by atoms with Crippen molar-refractivity contribution in [1.29, 1.82) is 0 Å². The van der Waals surface area contributed by atoms with E-state index >= 15 is 0 Å². The first-order valence-electron chi connectivity index (χ1n) is 9.31. The number of ether oxygens (including phenoxy) is 1. The number of carboxylic acids is 1. The van der Waals surface area contributed by atoms with Crippen molar-refractivity contribution in [2.45, 2.75) is 18.9 Å². The van der Waals surface area contributed by atoms with Gasteiger partial charge in [0.15, 0.2) is 0 Å². The molecule has 148 valence electrons. The molecular weight excluding hydrogens is 372 g/mol. The first-order valence-corrected chi connectivity index (χ1v) is 9.31. The van der Waals surface area contributed by atoms with Crippen molar-refractivity contribution in [2.75, 3.05) is 13.2 Å². The third-order valence-electron chi connectivity index (χ3n) is 4.88. The summed E-state index contributed by atoms with van der Waals surface area (Å²) in [6.07, 6.45) is 1.49. The number of carbonyl (C=O) groups excluding carboxylic acids is 1. The molecule has 0 saturated heterocycles. The molecule has 1 aliphatic carbocycles. The van der Waals surface area contributed by atoms with E-state index in [-0.39, 0.29) is 19.1 Å². The molecule has 0 radical (unpaired) electrons. The van der Waals surface area contributed by atoms with Crippen LogP contribution in [0.25, 0.3) is 11.1 Å². The molecule has 0 bridgehead atoms. The highest BCUT2D eigenvalue weighted by Gasteiger charge is 2.28. The minimum absolute atomic E-state index is 0.0177. The van der Waals surface area contributed by atoms with Crippen LogP contribution in [0, 0.1) is 0 Å². The van der Waals surface area contributed by atoms with Crippen LogP contribution in [0.1, 0.15) is 22.7 Å². The molecule has 8 heteroatoms. The maximum Gasteiger partial charge on any atom is 0.407 e. The molecule has 0 atom stereocenters. The quantitative estimate of drug-likeness (QED) is 0.640. The van der Waals surface area contributed by atoms with Gasteiger partial charge in [-0.1, -0.05) is 53.7 Å². The number of nitrogens with one attached hydrogen (secondary N) is 1. The molecule has 1 aromatic heterocycles. The molecule has 0 aliphatic heterocycles. The molecule has 1 heterocycles. The van der Waals surface area contributed by atoms with E-state index in [0.717, 1.165) is 11.1 Å². The minimum Gasteiger partial charge on any atom is -0.480 e. The summed E-state index contributed by atoms with van der Waals surface area (Å²) in [5.41, 5.74) is 5.29. The summed E-state index contributed by atoms with van der Waals surface area (Å²) in [6.45, 7) is 0.337. The SMILES string of the molecule is O=C(O)Cn1cc(CCNC(=O)OCC2c3ccccc3-c3ccccc32)nn1. The van der Waals surface area contributed by atoms with E-state index in [1.54, 1.807) is 6.20 Å². The smallest absolute Gasteiger partial charge is 0.407 e. The fraction of sp³-hybridized carbons (Fsp3) is 0.238. The largest absolute Gasteiger partial charge is 0.480 e. The van der Waals surface area contributed by atoms with Crippen molar-refractivity contribution in [2.24, 2.45) is 0 Å². The number of aliphatic carboxylic acids is 1. The fourth-order valence-electron chi connectivity index (χ4n) is 3.61. The number of hydrogen-bond acceptors (Lipinski definition) is 5. The lowest BCUT2D eigenvalue weighted by atomic mass is 9.98. The Bertz CT molecular complexity index is 1000. The van der Waals surface area contributed by atoms with Crippen LogP contribution in [0.2, 0.25) is 0 Å². The lowest BCUT2D eigenvalue weighted by Crippen LogP contribution is -2.28. The third-order valence-corrected chi connectivity index (χ3v) is 4.88. The van der Waals surface area contributed by atoms with E-state index in [0.29, 0.717) is 18.7 Å². The molecule has 0 spiro atoms. The topological polar surface area (TPSA) is 106 Å². The van der Waals surface area contributed by atoms with Crippen molar-refractivity contribution >= 4 is 12.1 Å². The zero-order valence-corrected chi connectivity index (χ0v) is 15.6. The molecule has 4 rings (SSSR count). The van der Waals surface area contributed by atoms with E-state index in [9.17, 15) is 9.59 Å². The predicted octanol–water partition coefficient (Wildman–Crippen LogP) is 2.44. The third kappa shape index (κ3) is 4.11. The summed E-state index contributed by atoms with van der Waals surface area (Å²) >= 11 is 0. The van der Waals surface area contributed by atoms with Crippen molar-refractivity contribution in [1.82, 2.24) is 20.3 Å². The number of nitrogens with zero attached hydrogens (tertiary/aromatic N) is 3. The molecular formula is C21H20N4O4. The fourth-order valence-corrected chi connectivity index (χ4v) is 3.61. The van der Waals surface area contributed by atoms with Crippen LogP contribution in [0.15, 0.2) is 54.7 Å². The van der Waals surface area contributed by atoms with Crippen LogP contribution in [0.3, 0.4) is 0 Å². The molecule has 1 aliphatic rings. The monoisotopic (exact) mass is 392 g/mol. The summed E-state index contributed by atoms with van der Waals surface area (Å²) in [7, 11) is 0. The number of carboxylic acid groups (broad SMARTS) is 1. The van der Waals surface area contributed by atoms with Crippen LogP contribution in [0.4, 0.5) is 4.79 Å². The van der Waals surface area contributed by atoms with E-state index in [2.05, 4.69) is 39.9 Å². The summed E-state index contributed by atoms with van der Waals surface area (Å²) < 4.78 is 6.71. The lowest BCUT2D eigenvalue weighted by molar-refractivity contribution is -0.137. The van der Waals surface area contributed by atoms with E-state index < -0.39 is 12.1 Å². The van der Waals surface area contributed by atoms with Crippen LogP contribution in [-0.4, -0.2) is 45.3 Å². The van der Waals surface area contributed by atoms with Crippen molar-refractivity contribution < 1.29 is 19.4 Å².